The molecule has 0 radical (unpaired) electrons. The standard InChI is InChI=1S/C22H26ClN7O/c1-4-17(18-12-29(13-26-18)16-7-5-15(23)6-8-16)27-21-24-10-9-20(28-21)30-19(14(2)3)11-25-22(30)31/h5-10,12-14,17,19H,4,11H2,1-3H3,(H,25,31)(H,24,27,28). The topological polar surface area (TPSA) is 88.0 Å². The van der Waals surface area contributed by atoms with Crippen LogP contribution in [0.15, 0.2) is 49.1 Å². The molecule has 3 aromatic rings. The molecule has 31 heavy (non-hydrogen) atoms. The SMILES string of the molecule is CCC(Nc1nccc(N2C(=O)NCC2C(C)C)n1)c1cn(-c2ccc(Cl)cc2)cn1. The van der Waals surface area contributed by atoms with Crippen LogP contribution in [0.25, 0.3) is 5.69 Å². The molecule has 4 rings (SSSR count). The number of nitrogens with zero attached hydrogens (tertiary/aromatic N) is 5. The third-order valence-electron chi connectivity index (χ3n) is 5.47. The molecule has 0 saturated carbocycles. The van der Waals surface area contributed by atoms with Crippen LogP contribution in [0.2, 0.25) is 5.02 Å². The van der Waals surface area contributed by atoms with Crippen LogP contribution in [0.3, 0.4) is 0 Å². The maximum Gasteiger partial charge on any atom is 0.323 e. The molecule has 1 aromatic carbocycles. The van der Waals surface area contributed by atoms with E-state index in [0.717, 1.165) is 17.8 Å². The summed E-state index contributed by atoms with van der Waals surface area (Å²) in [5.41, 5.74) is 1.86. The molecule has 2 unspecified atom stereocenters. The summed E-state index contributed by atoms with van der Waals surface area (Å²) in [7, 11) is 0. The molecule has 1 saturated heterocycles. The van der Waals surface area contributed by atoms with Crippen LogP contribution in [0.1, 0.15) is 38.9 Å². The first-order valence-corrected chi connectivity index (χ1v) is 10.8. The lowest BCUT2D eigenvalue weighted by Crippen LogP contribution is -2.38. The first-order chi connectivity index (χ1) is 15.0. The Hall–Kier alpha value is -3.13. The second kappa shape index (κ2) is 8.93. The molecule has 1 aliphatic rings. The Balaban J connectivity index is 1.54. The van der Waals surface area contributed by atoms with Crippen LogP contribution < -0.4 is 15.5 Å². The normalized spacial score (nSPS) is 17.1. The van der Waals surface area contributed by atoms with E-state index in [0.29, 0.717) is 29.3 Å². The number of urea groups is 1. The predicted molar refractivity (Wildman–Crippen MR) is 122 cm³/mol. The number of halogens is 1. The zero-order valence-corrected chi connectivity index (χ0v) is 18.5. The van der Waals surface area contributed by atoms with Gasteiger partial charge in [0, 0.05) is 29.6 Å². The number of aromatic nitrogens is 4. The second-order valence-corrected chi connectivity index (χ2v) is 8.33. The highest BCUT2D eigenvalue weighted by molar-refractivity contribution is 6.30. The summed E-state index contributed by atoms with van der Waals surface area (Å²) in [4.78, 5) is 27.6. The fourth-order valence-corrected chi connectivity index (χ4v) is 3.82. The summed E-state index contributed by atoms with van der Waals surface area (Å²) < 4.78 is 1.95. The summed E-state index contributed by atoms with van der Waals surface area (Å²) in [6, 6.07) is 9.22. The zero-order valence-electron chi connectivity index (χ0n) is 17.8. The third-order valence-corrected chi connectivity index (χ3v) is 5.72. The van der Waals surface area contributed by atoms with Gasteiger partial charge in [0.15, 0.2) is 0 Å². The van der Waals surface area contributed by atoms with E-state index in [1.165, 1.54) is 0 Å². The Morgan fingerprint density at radius 2 is 2.00 bits per heavy atom. The van der Waals surface area contributed by atoms with Gasteiger partial charge in [0.05, 0.1) is 24.1 Å². The maximum atomic E-state index is 12.4. The summed E-state index contributed by atoms with van der Waals surface area (Å²) in [5, 5.41) is 6.96. The van der Waals surface area contributed by atoms with Gasteiger partial charge in [0.1, 0.15) is 5.82 Å². The molecule has 2 aromatic heterocycles. The number of carbonyl (C=O) groups excluding carboxylic acids is 1. The summed E-state index contributed by atoms with van der Waals surface area (Å²) in [6.07, 6.45) is 6.23. The Morgan fingerprint density at radius 1 is 1.23 bits per heavy atom. The van der Waals surface area contributed by atoms with Crippen molar-refractivity contribution in [2.75, 3.05) is 16.8 Å². The van der Waals surface area contributed by atoms with Crippen molar-refractivity contribution >= 4 is 29.4 Å². The summed E-state index contributed by atoms with van der Waals surface area (Å²) >= 11 is 5.99. The van der Waals surface area contributed by atoms with Gasteiger partial charge < -0.3 is 15.2 Å². The minimum Gasteiger partial charge on any atom is -0.346 e. The van der Waals surface area contributed by atoms with E-state index < -0.39 is 0 Å². The van der Waals surface area contributed by atoms with Gasteiger partial charge in [-0.25, -0.2) is 14.8 Å². The smallest absolute Gasteiger partial charge is 0.323 e. The molecule has 3 heterocycles. The van der Waals surface area contributed by atoms with E-state index >= 15 is 0 Å². The summed E-state index contributed by atoms with van der Waals surface area (Å²) in [6.45, 7) is 6.89. The molecule has 9 heteroatoms. The van der Waals surface area contributed by atoms with E-state index in [-0.39, 0.29) is 18.1 Å². The number of amides is 2. The van der Waals surface area contributed by atoms with E-state index in [1.807, 2.05) is 35.0 Å². The van der Waals surface area contributed by atoms with Gasteiger partial charge >= 0.3 is 6.03 Å². The van der Waals surface area contributed by atoms with Gasteiger partial charge in [0.2, 0.25) is 5.95 Å². The average Bonchev–Trinajstić information content (AvgIpc) is 3.40. The molecule has 1 aliphatic heterocycles. The molecule has 8 nitrogen and oxygen atoms in total. The van der Waals surface area contributed by atoms with Crippen LogP contribution in [0, 0.1) is 5.92 Å². The minimum absolute atomic E-state index is 0.0623. The average molecular weight is 440 g/mol. The number of hydrogen-bond acceptors (Lipinski definition) is 5. The van der Waals surface area contributed by atoms with Crippen molar-refractivity contribution in [1.29, 1.82) is 0 Å². The van der Waals surface area contributed by atoms with Crippen molar-refractivity contribution in [3.63, 3.8) is 0 Å². The number of anilines is 2. The van der Waals surface area contributed by atoms with Crippen LogP contribution in [-0.4, -0.2) is 38.1 Å². The number of hydrogen-bond donors (Lipinski definition) is 2. The maximum absolute atomic E-state index is 12.4. The van der Waals surface area contributed by atoms with Gasteiger partial charge in [0.25, 0.3) is 0 Å². The lowest BCUT2D eigenvalue weighted by Gasteiger charge is -2.25. The molecule has 1 fully saturated rings. The van der Waals surface area contributed by atoms with E-state index in [4.69, 9.17) is 11.6 Å². The highest BCUT2D eigenvalue weighted by Crippen LogP contribution is 2.25. The largest absolute Gasteiger partial charge is 0.346 e. The molecule has 2 atom stereocenters. The zero-order chi connectivity index (χ0) is 22.0. The van der Waals surface area contributed by atoms with Gasteiger partial charge in [-0.2, -0.15) is 4.98 Å². The van der Waals surface area contributed by atoms with Crippen LogP contribution >= 0.6 is 11.6 Å². The lowest BCUT2D eigenvalue weighted by molar-refractivity contribution is 0.251. The van der Waals surface area contributed by atoms with Crippen molar-refractivity contribution in [1.82, 2.24) is 24.8 Å². The van der Waals surface area contributed by atoms with Gasteiger partial charge in [-0.15, -0.1) is 0 Å². The van der Waals surface area contributed by atoms with Gasteiger partial charge in [-0.3, -0.25) is 4.90 Å². The lowest BCUT2D eigenvalue weighted by atomic mass is 10.0. The van der Waals surface area contributed by atoms with Crippen molar-refractivity contribution in [3.8, 4) is 5.69 Å². The molecular weight excluding hydrogens is 414 g/mol. The van der Waals surface area contributed by atoms with Crippen LogP contribution in [0.4, 0.5) is 16.6 Å². The Labute approximate surface area is 186 Å². The molecule has 0 bridgehead atoms. The number of rotatable bonds is 7. The first-order valence-electron chi connectivity index (χ1n) is 10.4. The van der Waals surface area contributed by atoms with Crippen LogP contribution in [-0.2, 0) is 0 Å². The monoisotopic (exact) mass is 439 g/mol. The number of imidazole rings is 1. The molecule has 162 valence electrons. The highest BCUT2D eigenvalue weighted by Gasteiger charge is 2.35. The fraction of sp³-hybridized carbons (Fsp3) is 0.364. The van der Waals surface area contributed by atoms with Crippen molar-refractivity contribution in [3.05, 3.63) is 59.8 Å². The highest BCUT2D eigenvalue weighted by atomic mass is 35.5. The molecule has 2 amide bonds. The fourth-order valence-electron chi connectivity index (χ4n) is 3.69. The van der Waals surface area contributed by atoms with E-state index in [2.05, 4.69) is 46.4 Å². The van der Waals surface area contributed by atoms with Gasteiger partial charge in [-0.1, -0.05) is 32.4 Å². The quantitative estimate of drug-likeness (QED) is 0.568. The van der Waals surface area contributed by atoms with Gasteiger partial charge in [-0.05, 0) is 42.7 Å². The molecule has 0 spiro atoms. The molecular formula is C22H26ClN7O. The Kier molecular flexibility index (Phi) is 6.08. The van der Waals surface area contributed by atoms with Crippen molar-refractivity contribution in [2.24, 2.45) is 5.92 Å². The van der Waals surface area contributed by atoms with E-state index in [1.54, 1.807) is 23.5 Å². The second-order valence-electron chi connectivity index (χ2n) is 7.89. The van der Waals surface area contributed by atoms with E-state index in [9.17, 15) is 4.79 Å². The predicted octanol–water partition coefficient (Wildman–Crippen LogP) is 4.43. The number of carbonyl (C=O) groups is 1. The first kappa shape index (κ1) is 21.1. The summed E-state index contributed by atoms with van der Waals surface area (Å²) in [5.74, 6) is 1.37. The molecule has 0 aliphatic carbocycles. The Morgan fingerprint density at radius 3 is 2.71 bits per heavy atom. The molecule has 2 N–H and O–H groups in total. The third kappa shape index (κ3) is 4.49. The minimum atomic E-state index is -0.128. The van der Waals surface area contributed by atoms with Crippen molar-refractivity contribution in [2.45, 2.75) is 39.3 Å². The number of benzene rings is 1. The Bertz CT molecular complexity index is 1050. The number of nitrogens with one attached hydrogen (secondary N) is 2. The van der Waals surface area contributed by atoms with Crippen molar-refractivity contribution < 1.29 is 4.79 Å². The van der Waals surface area contributed by atoms with Crippen LogP contribution in [0.5, 0.6) is 0 Å².